The third-order valence-electron chi connectivity index (χ3n) is 2.86. The molecule has 16 heavy (non-hydrogen) atoms. The minimum atomic E-state index is -0.460. The molecule has 2 N–H and O–H groups in total. The lowest BCUT2D eigenvalue weighted by molar-refractivity contribution is 0.0447. The largest absolute Gasteiger partial charge is 0.391 e. The summed E-state index contributed by atoms with van der Waals surface area (Å²) in [5, 5.41) is 12.0. The molecule has 1 aliphatic carbocycles. The number of aryl methyl sites for hydroxylation is 1. The predicted molar refractivity (Wildman–Crippen MR) is 57.6 cm³/mol. The number of benzene rings is 1. The van der Waals surface area contributed by atoms with E-state index in [0.29, 0.717) is 17.5 Å². The molecule has 0 unspecified atom stereocenters. The van der Waals surface area contributed by atoms with Crippen LogP contribution in [0.3, 0.4) is 0 Å². The number of hydrogen-bond acceptors (Lipinski definition) is 2. The van der Waals surface area contributed by atoms with Gasteiger partial charge in [-0.15, -0.1) is 0 Å². The highest BCUT2D eigenvalue weighted by Gasteiger charge is 2.30. The van der Waals surface area contributed by atoms with Gasteiger partial charge in [-0.3, -0.25) is 4.79 Å². The van der Waals surface area contributed by atoms with Crippen LogP contribution < -0.4 is 5.32 Å². The molecule has 1 amide bonds. The Bertz CT molecular complexity index is 399. The van der Waals surface area contributed by atoms with Crippen molar-refractivity contribution in [3.8, 4) is 0 Å². The first-order valence-electron chi connectivity index (χ1n) is 5.32. The maximum atomic E-state index is 13.1. The lowest BCUT2D eigenvalue weighted by Crippen LogP contribution is -2.50. The van der Waals surface area contributed by atoms with Crippen molar-refractivity contribution < 1.29 is 14.3 Å². The van der Waals surface area contributed by atoms with Crippen LogP contribution in [0.1, 0.15) is 28.8 Å². The van der Waals surface area contributed by atoms with Gasteiger partial charge in [-0.25, -0.2) is 4.39 Å². The minimum absolute atomic E-state index is 0.184. The molecule has 2 rings (SSSR count). The quantitative estimate of drug-likeness (QED) is 0.796. The van der Waals surface area contributed by atoms with E-state index in [1.807, 2.05) is 0 Å². The Morgan fingerprint density at radius 2 is 2.19 bits per heavy atom. The van der Waals surface area contributed by atoms with E-state index in [4.69, 9.17) is 0 Å². The van der Waals surface area contributed by atoms with Crippen molar-refractivity contribution >= 4 is 5.91 Å². The Kier molecular flexibility index (Phi) is 2.92. The molecule has 4 heteroatoms. The van der Waals surface area contributed by atoms with Crippen molar-refractivity contribution in [2.75, 3.05) is 0 Å². The van der Waals surface area contributed by atoms with Gasteiger partial charge < -0.3 is 10.4 Å². The summed E-state index contributed by atoms with van der Waals surface area (Å²) in [4.78, 5) is 11.7. The van der Waals surface area contributed by atoms with Crippen LogP contribution in [0, 0.1) is 12.7 Å². The third kappa shape index (κ3) is 2.22. The fourth-order valence-electron chi connectivity index (χ4n) is 1.77. The van der Waals surface area contributed by atoms with E-state index >= 15 is 0 Å². The Morgan fingerprint density at radius 1 is 1.44 bits per heavy atom. The fourth-order valence-corrected chi connectivity index (χ4v) is 1.77. The fraction of sp³-hybridized carbons (Fsp3) is 0.417. The molecule has 1 saturated carbocycles. The lowest BCUT2D eigenvalue weighted by atomic mass is 9.89. The van der Waals surface area contributed by atoms with E-state index in [2.05, 4.69) is 5.32 Å². The summed E-state index contributed by atoms with van der Waals surface area (Å²) in [5.74, 6) is -0.745. The SMILES string of the molecule is Cc1cc(F)cc(C(=O)N[C@@H]2CC[C@H]2O)c1. The van der Waals surface area contributed by atoms with Crippen LogP contribution in [0.25, 0.3) is 0 Å². The number of amides is 1. The minimum Gasteiger partial charge on any atom is -0.391 e. The highest BCUT2D eigenvalue weighted by molar-refractivity contribution is 5.94. The van der Waals surface area contributed by atoms with Gasteiger partial charge in [-0.1, -0.05) is 0 Å². The van der Waals surface area contributed by atoms with Gasteiger partial charge in [0.05, 0.1) is 12.1 Å². The van der Waals surface area contributed by atoms with Crippen LogP contribution in [-0.2, 0) is 0 Å². The van der Waals surface area contributed by atoms with Crippen molar-refractivity contribution in [1.29, 1.82) is 0 Å². The van der Waals surface area contributed by atoms with Gasteiger partial charge in [0.1, 0.15) is 5.82 Å². The molecule has 0 heterocycles. The van der Waals surface area contributed by atoms with E-state index in [0.717, 1.165) is 6.42 Å². The van der Waals surface area contributed by atoms with Crippen LogP contribution in [0.15, 0.2) is 18.2 Å². The molecule has 0 aromatic heterocycles. The summed E-state index contributed by atoms with van der Waals surface area (Å²) in [6.07, 6.45) is 1.03. The maximum Gasteiger partial charge on any atom is 0.251 e. The third-order valence-corrected chi connectivity index (χ3v) is 2.86. The molecule has 1 aliphatic rings. The van der Waals surface area contributed by atoms with Gasteiger partial charge in [0.15, 0.2) is 0 Å². The van der Waals surface area contributed by atoms with Crippen molar-refractivity contribution in [1.82, 2.24) is 5.32 Å². The van der Waals surface area contributed by atoms with Gasteiger partial charge in [-0.2, -0.15) is 0 Å². The van der Waals surface area contributed by atoms with E-state index in [1.165, 1.54) is 12.1 Å². The summed E-state index contributed by atoms with van der Waals surface area (Å²) in [6, 6.07) is 4.02. The monoisotopic (exact) mass is 223 g/mol. The second-order valence-electron chi connectivity index (χ2n) is 4.24. The summed E-state index contributed by atoms with van der Waals surface area (Å²) in [5.41, 5.74) is 1.01. The van der Waals surface area contributed by atoms with Crippen molar-refractivity contribution in [3.63, 3.8) is 0 Å². The summed E-state index contributed by atoms with van der Waals surface area (Å²) in [7, 11) is 0. The standard InChI is InChI=1S/C12H14FNO2/c1-7-4-8(6-9(13)5-7)12(16)14-10-2-3-11(10)15/h4-6,10-11,15H,2-3H2,1H3,(H,14,16)/t10-,11-/m1/s1. The molecule has 1 aromatic rings. The average molecular weight is 223 g/mol. The average Bonchev–Trinajstić information content (AvgIpc) is 2.22. The number of carbonyl (C=O) groups is 1. The number of carbonyl (C=O) groups excluding carboxylic acids is 1. The van der Waals surface area contributed by atoms with Crippen molar-refractivity contribution in [2.24, 2.45) is 0 Å². The molecule has 0 aliphatic heterocycles. The number of nitrogens with one attached hydrogen (secondary N) is 1. The summed E-state index contributed by atoms with van der Waals surface area (Å²) < 4.78 is 13.1. The number of aliphatic hydroxyl groups is 1. The highest BCUT2D eigenvalue weighted by Crippen LogP contribution is 2.20. The van der Waals surface area contributed by atoms with Crippen molar-refractivity contribution in [3.05, 3.63) is 35.1 Å². The van der Waals surface area contributed by atoms with Crippen LogP contribution in [0.2, 0.25) is 0 Å². The van der Waals surface area contributed by atoms with Crippen LogP contribution in [-0.4, -0.2) is 23.2 Å². The summed E-state index contributed by atoms with van der Waals surface area (Å²) in [6.45, 7) is 1.73. The van der Waals surface area contributed by atoms with Gasteiger partial charge >= 0.3 is 0 Å². The van der Waals surface area contributed by atoms with E-state index in [9.17, 15) is 14.3 Å². The molecule has 2 atom stereocenters. The number of rotatable bonds is 2. The summed E-state index contributed by atoms with van der Waals surface area (Å²) >= 11 is 0. The number of aliphatic hydroxyl groups excluding tert-OH is 1. The molecule has 3 nitrogen and oxygen atoms in total. The highest BCUT2D eigenvalue weighted by atomic mass is 19.1. The predicted octanol–water partition coefficient (Wildman–Crippen LogP) is 1.39. The molecule has 0 saturated heterocycles. The molecule has 0 radical (unpaired) electrons. The van der Waals surface area contributed by atoms with Gasteiger partial charge in [-0.05, 0) is 43.5 Å². The van der Waals surface area contributed by atoms with Crippen LogP contribution in [0.5, 0.6) is 0 Å². The first kappa shape index (κ1) is 11.1. The second-order valence-corrected chi connectivity index (χ2v) is 4.24. The lowest BCUT2D eigenvalue weighted by Gasteiger charge is -2.32. The van der Waals surface area contributed by atoms with Crippen LogP contribution >= 0.6 is 0 Å². The van der Waals surface area contributed by atoms with E-state index in [-0.39, 0.29) is 11.9 Å². The molecule has 1 fully saturated rings. The van der Waals surface area contributed by atoms with E-state index < -0.39 is 11.9 Å². The van der Waals surface area contributed by atoms with Gasteiger partial charge in [0.2, 0.25) is 0 Å². The van der Waals surface area contributed by atoms with Gasteiger partial charge in [0.25, 0.3) is 5.91 Å². The first-order valence-corrected chi connectivity index (χ1v) is 5.32. The Morgan fingerprint density at radius 3 is 2.69 bits per heavy atom. The topological polar surface area (TPSA) is 49.3 Å². The molecular formula is C12H14FNO2. The zero-order valence-corrected chi connectivity index (χ0v) is 9.03. The van der Waals surface area contributed by atoms with Crippen molar-refractivity contribution in [2.45, 2.75) is 31.9 Å². The molecular weight excluding hydrogens is 209 g/mol. The Balaban J connectivity index is 2.08. The second kappa shape index (κ2) is 4.22. The molecule has 0 bridgehead atoms. The normalized spacial score (nSPS) is 23.7. The smallest absolute Gasteiger partial charge is 0.251 e. The zero-order chi connectivity index (χ0) is 11.7. The molecule has 86 valence electrons. The first-order chi connectivity index (χ1) is 7.56. The van der Waals surface area contributed by atoms with Crippen LogP contribution in [0.4, 0.5) is 4.39 Å². The van der Waals surface area contributed by atoms with Gasteiger partial charge in [0, 0.05) is 5.56 Å². The maximum absolute atomic E-state index is 13.1. The zero-order valence-electron chi connectivity index (χ0n) is 9.03. The van der Waals surface area contributed by atoms with E-state index in [1.54, 1.807) is 13.0 Å². The molecule has 0 spiro atoms. The number of halogens is 1. The number of hydrogen-bond donors (Lipinski definition) is 2. The molecule has 1 aromatic carbocycles. The Hall–Kier alpha value is -1.42. The Labute approximate surface area is 93.3 Å².